The van der Waals surface area contributed by atoms with Gasteiger partial charge >= 0.3 is 0 Å². The zero-order valence-electron chi connectivity index (χ0n) is 25.2. The van der Waals surface area contributed by atoms with Crippen LogP contribution in [0.25, 0.3) is 0 Å². The number of likely N-dealkylation sites (tertiary alicyclic amines) is 1. The lowest BCUT2D eigenvalue weighted by Gasteiger charge is -2.29. The van der Waals surface area contributed by atoms with E-state index >= 15 is 0 Å². The summed E-state index contributed by atoms with van der Waals surface area (Å²) in [4.78, 5) is 46.7. The van der Waals surface area contributed by atoms with Gasteiger partial charge in [0.2, 0.25) is 24.5 Å². The van der Waals surface area contributed by atoms with Crippen LogP contribution in [0.4, 0.5) is 0 Å². The van der Waals surface area contributed by atoms with Crippen molar-refractivity contribution in [1.82, 2.24) is 15.5 Å². The molecule has 2 aliphatic rings. The van der Waals surface area contributed by atoms with Crippen LogP contribution in [0.5, 0.6) is 11.5 Å². The first kappa shape index (κ1) is 31.4. The van der Waals surface area contributed by atoms with Crippen LogP contribution in [0.15, 0.2) is 83.9 Å². The summed E-state index contributed by atoms with van der Waals surface area (Å²) in [5.41, 5.74) is 13.8. The van der Waals surface area contributed by atoms with Crippen molar-refractivity contribution < 1.29 is 23.9 Å². The molecule has 6 N–H and O–H groups in total. The van der Waals surface area contributed by atoms with Gasteiger partial charge in [-0.05, 0) is 60.4 Å². The molecule has 0 saturated carbocycles. The Kier molecular flexibility index (Phi) is 10.5. The molecule has 0 bridgehead atoms. The number of benzene rings is 3. The molecule has 5 rings (SSSR count). The van der Waals surface area contributed by atoms with Crippen LogP contribution in [0.2, 0.25) is 0 Å². The maximum atomic E-state index is 14.2. The highest BCUT2D eigenvalue weighted by atomic mass is 16.7. The van der Waals surface area contributed by atoms with Crippen molar-refractivity contribution in [2.45, 2.75) is 50.7 Å². The second kappa shape index (κ2) is 15.1. The van der Waals surface area contributed by atoms with Crippen molar-refractivity contribution >= 4 is 23.7 Å². The molecule has 0 spiro atoms. The third kappa shape index (κ3) is 8.75. The highest BCUT2D eigenvalue weighted by Crippen LogP contribution is 2.33. The molecule has 3 amide bonds. The van der Waals surface area contributed by atoms with Crippen molar-refractivity contribution in [2.24, 2.45) is 22.4 Å². The van der Waals surface area contributed by atoms with Crippen LogP contribution in [0, 0.1) is 5.92 Å². The number of ether oxygens (including phenoxy) is 2. The summed E-state index contributed by atoms with van der Waals surface area (Å²) >= 11 is 0. The molecule has 2 heterocycles. The number of nitrogens with zero attached hydrogens (tertiary/aromatic N) is 2. The monoisotopic (exact) mass is 612 g/mol. The second-order valence-electron chi connectivity index (χ2n) is 11.4. The molecule has 0 radical (unpaired) electrons. The van der Waals surface area contributed by atoms with Gasteiger partial charge in [0.05, 0.1) is 6.42 Å². The van der Waals surface area contributed by atoms with E-state index in [1.165, 1.54) is 0 Å². The minimum Gasteiger partial charge on any atom is -0.454 e. The highest BCUT2D eigenvalue weighted by Gasteiger charge is 2.41. The molecular formula is C34H40N6O5. The van der Waals surface area contributed by atoms with Gasteiger partial charge in [0.25, 0.3) is 0 Å². The molecule has 0 aliphatic carbocycles. The number of aliphatic imine (C=N–C) groups is 1. The summed E-state index contributed by atoms with van der Waals surface area (Å²) in [5.74, 6) is 0.416. The fraction of sp³-hybridized carbons (Fsp3) is 0.353. The van der Waals surface area contributed by atoms with Crippen molar-refractivity contribution in [3.05, 3.63) is 95.6 Å². The van der Waals surface area contributed by atoms with E-state index in [1.54, 1.807) is 23.1 Å². The SMILES string of the molecule is NC(N)=NCCC[C@H](NC(=O)Cc1ccc2c(c1)OCO2)C(=O)N1C[C@H](Cc2ccccc2)C[C@H]1C(=O)NCc1ccccc1. The van der Waals surface area contributed by atoms with Crippen LogP contribution >= 0.6 is 0 Å². The van der Waals surface area contributed by atoms with Gasteiger partial charge in [0.1, 0.15) is 12.1 Å². The van der Waals surface area contributed by atoms with Crippen molar-refractivity contribution in [1.29, 1.82) is 0 Å². The molecule has 3 aromatic rings. The molecular weight excluding hydrogens is 572 g/mol. The molecule has 3 atom stereocenters. The van der Waals surface area contributed by atoms with E-state index < -0.39 is 12.1 Å². The van der Waals surface area contributed by atoms with Crippen LogP contribution in [0.1, 0.15) is 36.0 Å². The Labute approximate surface area is 263 Å². The minimum absolute atomic E-state index is 0.0387. The molecule has 3 aromatic carbocycles. The first-order valence-corrected chi connectivity index (χ1v) is 15.2. The topological polar surface area (TPSA) is 161 Å². The molecule has 1 fully saturated rings. The van der Waals surface area contributed by atoms with E-state index in [0.717, 1.165) is 23.1 Å². The Balaban J connectivity index is 1.31. The maximum Gasteiger partial charge on any atom is 0.245 e. The van der Waals surface area contributed by atoms with Crippen molar-refractivity contribution in [3.63, 3.8) is 0 Å². The zero-order chi connectivity index (χ0) is 31.6. The van der Waals surface area contributed by atoms with E-state index in [1.807, 2.05) is 48.5 Å². The van der Waals surface area contributed by atoms with Gasteiger partial charge in [-0.15, -0.1) is 0 Å². The summed E-state index contributed by atoms with van der Waals surface area (Å²) in [6.45, 7) is 1.20. The van der Waals surface area contributed by atoms with E-state index in [9.17, 15) is 14.4 Å². The third-order valence-electron chi connectivity index (χ3n) is 8.03. The predicted molar refractivity (Wildman–Crippen MR) is 170 cm³/mol. The van der Waals surface area contributed by atoms with Crippen LogP contribution < -0.4 is 31.6 Å². The number of guanidine groups is 1. The lowest BCUT2D eigenvalue weighted by atomic mass is 9.96. The Morgan fingerprint density at radius 2 is 1.62 bits per heavy atom. The molecule has 45 heavy (non-hydrogen) atoms. The fourth-order valence-corrected chi connectivity index (χ4v) is 5.86. The van der Waals surface area contributed by atoms with Crippen LogP contribution in [-0.4, -0.2) is 60.5 Å². The fourth-order valence-electron chi connectivity index (χ4n) is 5.86. The number of fused-ring (bicyclic) bond motifs is 1. The Morgan fingerprint density at radius 1 is 0.911 bits per heavy atom. The second-order valence-corrected chi connectivity index (χ2v) is 11.4. The lowest BCUT2D eigenvalue weighted by Crippen LogP contribution is -2.53. The number of nitrogens with two attached hydrogens (primary N) is 2. The largest absolute Gasteiger partial charge is 0.454 e. The van der Waals surface area contributed by atoms with Gasteiger partial charge in [-0.2, -0.15) is 0 Å². The van der Waals surface area contributed by atoms with Crippen LogP contribution in [0.3, 0.4) is 0 Å². The van der Waals surface area contributed by atoms with Gasteiger partial charge in [-0.1, -0.05) is 66.7 Å². The first-order valence-electron chi connectivity index (χ1n) is 15.2. The number of hydrogen-bond donors (Lipinski definition) is 4. The number of hydrogen-bond acceptors (Lipinski definition) is 6. The summed E-state index contributed by atoms with van der Waals surface area (Å²) in [5, 5.41) is 5.95. The Morgan fingerprint density at radius 3 is 2.36 bits per heavy atom. The molecule has 0 unspecified atom stereocenters. The van der Waals surface area contributed by atoms with E-state index in [4.69, 9.17) is 20.9 Å². The third-order valence-corrected chi connectivity index (χ3v) is 8.03. The minimum atomic E-state index is -0.861. The maximum absolute atomic E-state index is 14.2. The van der Waals surface area contributed by atoms with Gasteiger partial charge in [0.15, 0.2) is 17.5 Å². The smallest absolute Gasteiger partial charge is 0.245 e. The standard InChI is InChI=1S/C34H40N6O5/c35-34(36)37-15-7-12-27(39-31(41)19-25-13-14-29-30(18-25)45-22-44-29)33(43)40-21-26(16-23-8-3-1-4-9-23)17-28(40)32(42)38-20-24-10-5-2-6-11-24/h1-6,8-11,13-14,18,26-28H,7,12,15-17,19-22H2,(H,38,42)(H,39,41)(H4,35,36,37)/t26-,27+,28+/m1/s1. The number of carbonyl (C=O) groups is 3. The van der Waals surface area contributed by atoms with Gasteiger partial charge in [-0.25, -0.2) is 0 Å². The summed E-state index contributed by atoms with van der Waals surface area (Å²) in [6.07, 6.45) is 2.07. The van der Waals surface area contributed by atoms with E-state index in [2.05, 4.69) is 27.8 Å². The summed E-state index contributed by atoms with van der Waals surface area (Å²) in [7, 11) is 0. The quantitative estimate of drug-likeness (QED) is 0.131. The van der Waals surface area contributed by atoms with Gasteiger partial charge in [-0.3, -0.25) is 19.4 Å². The number of carbonyl (C=O) groups excluding carboxylic acids is 3. The lowest BCUT2D eigenvalue weighted by molar-refractivity contribution is -0.141. The first-order chi connectivity index (χ1) is 21.9. The molecule has 11 heteroatoms. The number of nitrogens with one attached hydrogen (secondary N) is 2. The average molecular weight is 613 g/mol. The van der Waals surface area contributed by atoms with E-state index in [0.29, 0.717) is 50.4 Å². The van der Waals surface area contributed by atoms with Gasteiger partial charge < -0.3 is 36.5 Å². The van der Waals surface area contributed by atoms with Gasteiger partial charge in [0, 0.05) is 19.6 Å². The normalized spacial score (nSPS) is 17.4. The molecule has 2 aliphatic heterocycles. The molecule has 1 saturated heterocycles. The van der Waals surface area contributed by atoms with Crippen LogP contribution in [-0.2, 0) is 33.8 Å². The Bertz CT molecular complexity index is 1500. The van der Waals surface area contributed by atoms with Crippen molar-refractivity contribution in [3.8, 4) is 11.5 Å². The zero-order valence-corrected chi connectivity index (χ0v) is 25.2. The van der Waals surface area contributed by atoms with Crippen molar-refractivity contribution in [2.75, 3.05) is 19.9 Å². The molecule has 236 valence electrons. The number of rotatable bonds is 13. The highest BCUT2D eigenvalue weighted by molar-refractivity contribution is 5.93. The Hall–Kier alpha value is -5.06. The molecule has 0 aromatic heterocycles. The number of amides is 3. The average Bonchev–Trinajstić information content (AvgIpc) is 3.69. The summed E-state index contributed by atoms with van der Waals surface area (Å²) in [6, 6.07) is 23.5. The summed E-state index contributed by atoms with van der Waals surface area (Å²) < 4.78 is 10.8. The van der Waals surface area contributed by atoms with E-state index in [-0.39, 0.29) is 42.8 Å². The molecule has 11 nitrogen and oxygen atoms in total. The predicted octanol–water partition coefficient (Wildman–Crippen LogP) is 2.27.